The number of nitrogens with one attached hydrogen (secondary N) is 2. The largest absolute Gasteiger partial charge is 0.416 e. The molecule has 0 fully saturated rings. The molecule has 1 heterocycles. The second kappa shape index (κ2) is 6.67. The van der Waals surface area contributed by atoms with Gasteiger partial charge < -0.3 is 0 Å². The van der Waals surface area contributed by atoms with Crippen LogP contribution in [-0.4, -0.2) is 18.6 Å². The molecule has 11 heteroatoms. The Morgan fingerprint density at radius 1 is 1.11 bits per heavy atom. The van der Waals surface area contributed by atoms with Crippen molar-refractivity contribution in [3.05, 3.63) is 69.6 Å². The van der Waals surface area contributed by atoms with E-state index < -0.39 is 27.5 Å². The SMILES string of the molecule is NS(=O)(=O)Nc1ccc(Cc2n[nH]c(=O)c3ccccc23)c(C(F)(F)F)c1. The minimum atomic E-state index is -4.73. The standard InChI is InChI=1S/C16H13F3N4O3S/c17-16(18,19)13-8-10(23-27(20,25)26)6-5-9(13)7-14-11-3-1-2-4-12(11)15(24)22-21-14/h1-6,8,23H,7H2,(H,22,24)(H2,20,25,26). The second-order valence-electron chi connectivity index (χ2n) is 5.74. The van der Waals surface area contributed by atoms with Gasteiger partial charge in [-0.15, -0.1) is 0 Å². The van der Waals surface area contributed by atoms with Crippen LogP contribution < -0.4 is 15.4 Å². The lowest BCUT2D eigenvalue weighted by atomic mass is 9.99. The average molecular weight is 398 g/mol. The van der Waals surface area contributed by atoms with E-state index in [0.29, 0.717) is 16.8 Å². The number of hydrogen-bond acceptors (Lipinski definition) is 4. The Labute approximate surface area is 151 Å². The molecule has 3 aromatic rings. The van der Waals surface area contributed by atoms with E-state index in [2.05, 4.69) is 10.2 Å². The number of aromatic amines is 1. The molecule has 0 saturated carbocycles. The van der Waals surface area contributed by atoms with Crippen molar-refractivity contribution in [3.8, 4) is 0 Å². The number of nitrogens with zero attached hydrogens (tertiary/aromatic N) is 1. The highest BCUT2D eigenvalue weighted by Gasteiger charge is 2.34. The maximum absolute atomic E-state index is 13.5. The van der Waals surface area contributed by atoms with Gasteiger partial charge in [0.1, 0.15) is 0 Å². The van der Waals surface area contributed by atoms with E-state index in [4.69, 9.17) is 5.14 Å². The Balaban J connectivity index is 2.10. The number of H-pyrrole nitrogens is 1. The van der Waals surface area contributed by atoms with E-state index in [-0.39, 0.29) is 23.4 Å². The maximum atomic E-state index is 13.5. The van der Waals surface area contributed by atoms with Gasteiger partial charge in [-0.2, -0.15) is 26.7 Å². The summed E-state index contributed by atoms with van der Waals surface area (Å²) >= 11 is 0. The summed E-state index contributed by atoms with van der Waals surface area (Å²) in [6, 6.07) is 9.39. The minimum absolute atomic E-state index is 0.132. The highest BCUT2D eigenvalue weighted by molar-refractivity contribution is 7.90. The first-order valence-electron chi connectivity index (χ1n) is 7.51. The molecule has 27 heavy (non-hydrogen) atoms. The third-order valence-electron chi connectivity index (χ3n) is 3.81. The van der Waals surface area contributed by atoms with Gasteiger partial charge in [0.05, 0.1) is 22.3 Å². The predicted molar refractivity (Wildman–Crippen MR) is 93.3 cm³/mol. The fourth-order valence-corrected chi connectivity index (χ4v) is 3.16. The molecule has 0 spiro atoms. The highest BCUT2D eigenvalue weighted by Crippen LogP contribution is 2.35. The molecule has 2 aromatic carbocycles. The van der Waals surface area contributed by atoms with Crippen molar-refractivity contribution in [3.63, 3.8) is 0 Å². The van der Waals surface area contributed by atoms with Gasteiger partial charge in [0.15, 0.2) is 0 Å². The van der Waals surface area contributed by atoms with Gasteiger partial charge >= 0.3 is 6.18 Å². The number of rotatable bonds is 4. The van der Waals surface area contributed by atoms with Crippen molar-refractivity contribution in [2.45, 2.75) is 12.6 Å². The third kappa shape index (κ3) is 4.26. The van der Waals surface area contributed by atoms with Gasteiger partial charge in [0.25, 0.3) is 15.8 Å². The minimum Gasteiger partial charge on any atom is -0.271 e. The molecule has 0 aliphatic rings. The number of nitrogens with two attached hydrogens (primary N) is 1. The van der Waals surface area contributed by atoms with Crippen molar-refractivity contribution in [2.75, 3.05) is 4.72 Å². The summed E-state index contributed by atoms with van der Waals surface area (Å²) in [6.07, 6.45) is -4.95. The van der Waals surface area contributed by atoms with Crippen molar-refractivity contribution < 1.29 is 21.6 Å². The Morgan fingerprint density at radius 3 is 2.41 bits per heavy atom. The van der Waals surface area contributed by atoms with Crippen molar-refractivity contribution in [1.29, 1.82) is 0 Å². The summed E-state index contributed by atoms with van der Waals surface area (Å²) < 4.78 is 64.3. The monoisotopic (exact) mass is 398 g/mol. The summed E-state index contributed by atoms with van der Waals surface area (Å²) in [4.78, 5) is 11.8. The number of halogens is 3. The molecule has 0 atom stereocenters. The molecule has 0 aliphatic carbocycles. The van der Waals surface area contributed by atoms with Gasteiger partial charge in [-0.25, -0.2) is 10.2 Å². The first kappa shape index (κ1) is 18.9. The van der Waals surface area contributed by atoms with E-state index in [0.717, 1.165) is 6.07 Å². The Hall–Kier alpha value is -2.92. The number of hydrogen-bond donors (Lipinski definition) is 3. The zero-order valence-electron chi connectivity index (χ0n) is 13.5. The lowest BCUT2D eigenvalue weighted by Gasteiger charge is -2.15. The van der Waals surface area contributed by atoms with Crippen LogP contribution in [0.15, 0.2) is 47.3 Å². The van der Waals surface area contributed by atoms with Gasteiger partial charge in [0.2, 0.25) is 0 Å². The first-order chi connectivity index (χ1) is 12.5. The topological polar surface area (TPSA) is 118 Å². The molecule has 0 bridgehead atoms. The summed E-state index contributed by atoms with van der Waals surface area (Å²) in [5.41, 5.74) is -1.67. The van der Waals surface area contributed by atoms with Crippen molar-refractivity contribution in [1.82, 2.24) is 10.2 Å². The van der Waals surface area contributed by atoms with Crippen LogP contribution in [0.25, 0.3) is 10.8 Å². The van der Waals surface area contributed by atoms with E-state index in [9.17, 15) is 26.4 Å². The molecule has 1 aromatic heterocycles. The fourth-order valence-electron chi connectivity index (χ4n) is 2.71. The number of fused-ring (bicyclic) bond motifs is 1. The normalized spacial score (nSPS) is 12.3. The molecule has 0 amide bonds. The zero-order valence-corrected chi connectivity index (χ0v) is 14.4. The van der Waals surface area contributed by atoms with Gasteiger partial charge in [-0.3, -0.25) is 9.52 Å². The smallest absolute Gasteiger partial charge is 0.271 e. The lowest BCUT2D eigenvalue weighted by Crippen LogP contribution is -2.22. The molecule has 0 radical (unpaired) electrons. The Kier molecular flexibility index (Phi) is 4.66. The van der Waals surface area contributed by atoms with E-state index >= 15 is 0 Å². The number of alkyl halides is 3. The van der Waals surface area contributed by atoms with Crippen LogP contribution in [0.1, 0.15) is 16.8 Å². The molecule has 142 valence electrons. The molecule has 0 aliphatic heterocycles. The van der Waals surface area contributed by atoms with Crippen LogP contribution in [0, 0.1) is 0 Å². The number of anilines is 1. The number of aromatic nitrogens is 2. The lowest BCUT2D eigenvalue weighted by molar-refractivity contribution is -0.138. The molecule has 3 rings (SSSR count). The Bertz CT molecular complexity index is 1170. The predicted octanol–water partition coefficient (Wildman–Crippen LogP) is 2.15. The summed E-state index contributed by atoms with van der Waals surface area (Å²) in [6.45, 7) is 0. The van der Waals surface area contributed by atoms with Crippen LogP contribution >= 0.6 is 0 Å². The van der Waals surface area contributed by atoms with Gasteiger partial charge in [0, 0.05) is 11.8 Å². The van der Waals surface area contributed by atoms with Gasteiger partial charge in [-0.05, 0) is 23.8 Å². The molecule has 0 unspecified atom stereocenters. The molecule has 4 N–H and O–H groups in total. The summed E-state index contributed by atoms with van der Waals surface area (Å²) in [5, 5.41) is 11.7. The van der Waals surface area contributed by atoms with Crippen LogP contribution in [-0.2, 0) is 22.8 Å². The van der Waals surface area contributed by atoms with Gasteiger partial charge in [-0.1, -0.05) is 24.3 Å². The van der Waals surface area contributed by atoms with Crippen LogP contribution in [0.5, 0.6) is 0 Å². The average Bonchev–Trinajstić information content (AvgIpc) is 2.56. The zero-order chi connectivity index (χ0) is 19.8. The van der Waals surface area contributed by atoms with Crippen LogP contribution in [0.2, 0.25) is 0 Å². The van der Waals surface area contributed by atoms with Crippen molar-refractivity contribution >= 4 is 26.7 Å². The van der Waals surface area contributed by atoms with Crippen LogP contribution in [0.4, 0.5) is 18.9 Å². The Morgan fingerprint density at radius 2 is 1.78 bits per heavy atom. The molecular formula is C16H13F3N4O3S. The van der Waals surface area contributed by atoms with E-state index in [1.54, 1.807) is 24.3 Å². The first-order valence-corrected chi connectivity index (χ1v) is 9.06. The van der Waals surface area contributed by atoms with E-state index in [1.165, 1.54) is 6.07 Å². The number of benzene rings is 2. The third-order valence-corrected chi connectivity index (χ3v) is 4.33. The van der Waals surface area contributed by atoms with Crippen molar-refractivity contribution in [2.24, 2.45) is 5.14 Å². The summed E-state index contributed by atoms with van der Waals surface area (Å²) in [7, 11) is -4.21. The van der Waals surface area contributed by atoms with Crippen LogP contribution in [0.3, 0.4) is 0 Å². The second-order valence-corrected chi connectivity index (χ2v) is 7.03. The quantitative estimate of drug-likeness (QED) is 0.624. The summed E-state index contributed by atoms with van der Waals surface area (Å²) in [5.74, 6) is 0. The molecule has 0 saturated heterocycles. The van der Waals surface area contributed by atoms with E-state index in [1.807, 2.05) is 4.72 Å². The highest BCUT2D eigenvalue weighted by atomic mass is 32.2. The molecule has 7 nitrogen and oxygen atoms in total. The fraction of sp³-hybridized carbons (Fsp3) is 0.125. The molecular weight excluding hydrogens is 385 g/mol. The maximum Gasteiger partial charge on any atom is 0.416 e.